The van der Waals surface area contributed by atoms with Gasteiger partial charge in [-0.05, 0) is 174 Å². The molecule has 8 aromatic heterocycles. The summed E-state index contributed by atoms with van der Waals surface area (Å²) in [7, 11) is -5.27. The van der Waals surface area contributed by atoms with E-state index in [4.69, 9.17) is 39.8 Å². The SMILES string of the molecule is CC(=O)C=C(C)O.CC(=O)C=C(C)O.CC(=O)C=C(C)O.CC(=O)C=C(C)O.CCn1c2c[c-]c(-c3ccc([Si](C)(C)C)cn3)cc2c2ccccc21.C[Si](C)(C)c1ccc(-c2[c-]cc3c(c2)c2ccccc2n3-c2ccccc2)nc1.C[Si](C)(C)c1ccc(-c2[c-]cc3oc4ccccc4c3c2)nc1.C[Si](C)(C)c1ccc(-c2[c-]cc3sc4ccccc4c3c2)nc1.[Ir].[Ir].[Ir].[Ir]. The van der Waals surface area contributed by atoms with Crippen LogP contribution in [-0.2, 0) is 106 Å². The Morgan fingerprint density at radius 2 is 0.659 bits per heavy atom. The van der Waals surface area contributed by atoms with Crippen molar-refractivity contribution in [3.05, 3.63) is 321 Å². The van der Waals surface area contributed by atoms with Gasteiger partial charge in [0.2, 0.25) is 0 Å². The van der Waals surface area contributed by atoms with Crippen LogP contribution in [0.1, 0.15) is 62.3 Å². The first kappa shape index (κ1) is 110. The molecule has 0 unspecified atom stereocenters. The Kier molecular flexibility index (Phi) is 41.3. The fourth-order valence-electron chi connectivity index (χ4n) is 14.2. The molecule has 132 heavy (non-hydrogen) atoms. The number of furan rings is 1. The second-order valence-corrected chi connectivity index (χ2v) is 56.9. The van der Waals surface area contributed by atoms with Gasteiger partial charge in [-0.15, -0.1) is 95.1 Å². The van der Waals surface area contributed by atoms with E-state index >= 15 is 0 Å². The number of aliphatic hydroxyl groups is 4. The number of hydrogen-bond acceptors (Lipinski definition) is 14. The molecule has 4 radical (unpaired) electrons. The van der Waals surface area contributed by atoms with E-state index in [2.05, 4.69) is 330 Å². The zero-order chi connectivity index (χ0) is 93.1. The van der Waals surface area contributed by atoms with Crippen molar-refractivity contribution < 1.29 is 124 Å². The molecule has 0 fully saturated rings. The Balaban J connectivity index is 0.000000245. The third kappa shape index (κ3) is 30.3. The van der Waals surface area contributed by atoms with E-state index in [9.17, 15) is 19.2 Å². The molecule has 17 aromatic rings. The summed E-state index contributed by atoms with van der Waals surface area (Å²) in [6.45, 7) is 42.7. The van der Waals surface area contributed by atoms with Crippen LogP contribution >= 0.6 is 11.3 Å². The molecular weight excluding hydrogens is 2440 g/mol. The molecule has 0 saturated heterocycles. The Bertz CT molecular complexity index is 6650. The molecule has 9 aromatic carbocycles. The maximum atomic E-state index is 10.0. The molecule has 0 bridgehead atoms. The molecule has 692 valence electrons. The van der Waals surface area contributed by atoms with Gasteiger partial charge in [0.15, 0.2) is 23.1 Å². The number of benzene rings is 9. The minimum Gasteiger partial charge on any atom is -0.512 e. The van der Waals surface area contributed by atoms with Gasteiger partial charge in [0, 0.05) is 163 Å². The van der Waals surface area contributed by atoms with Crippen molar-refractivity contribution >= 4 is 173 Å². The molecule has 0 atom stereocenters. The van der Waals surface area contributed by atoms with Crippen molar-refractivity contribution in [1.82, 2.24) is 29.1 Å². The van der Waals surface area contributed by atoms with Crippen LogP contribution in [0.15, 0.2) is 301 Å². The Morgan fingerprint density at radius 1 is 0.333 bits per heavy atom. The molecule has 0 saturated carbocycles. The molecule has 4 N–H and O–H groups in total. The van der Waals surface area contributed by atoms with Crippen LogP contribution in [0.4, 0.5) is 0 Å². The molecule has 0 aliphatic rings. The number of thiophene rings is 1. The van der Waals surface area contributed by atoms with Gasteiger partial charge >= 0.3 is 0 Å². The predicted molar refractivity (Wildman–Crippen MR) is 547 cm³/mol. The summed E-state index contributed by atoms with van der Waals surface area (Å²) in [5.74, 6) is -0.250. The van der Waals surface area contributed by atoms with E-state index in [1.807, 2.05) is 54.2 Å². The fraction of sp³-hybridized carbons (Fsp3) is 0.204. The maximum Gasteiger partial charge on any atom is 0.155 e. The normalized spacial score (nSPS) is 11.6. The van der Waals surface area contributed by atoms with Crippen LogP contribution in [-0.4, -0.2) is 105 Å². The van der Waals surface area contributed by atoms with E-state index in [1.165, 1.54) is 164 Å². The largest absolute Gasteiger partial charge is 0.512 e. The molecular formula is C108H114Ir4N6O9SSi4-4. The summed E-state index contributed by atoms with van der Waals surface area (Å²) in [6.07, 6.45) is 12.8. The van der Waals surface area contributed by atoms with Crippen molar-refractivity contribution in [2.24, 2.45) is 0 Å². The predicted octanol–water partition coefficient (Wildman–Crippen LogP) is 26.0. The molecule has 17 rings (SSSR count). The van der Waals surface area contributed by atoms with Gasteiger partial charge in [-0.2, -0.15) is 11.3 Å². The van der Waals surface area contributed by atoms with Gasteiger partial charge in [0.1, 0.15) is 5.58 Å². The van der Waals surface area contributed by atoms with Gasteiger partial charge in [-0.25, -0.2) is 0 Å². The fourth-order valence-corrected chi connectivity index (χ4v) is 19.4. The van der Waals surface area contributed by atoms with Gasteiger partial charge < -0.3 is 53.9 Å². The number of nitrogens with zero attached hydrogens (tertiary/aromatic N) is 6. The van der Waals surface area contributed by atoms with Crippen molar-refractivity contribution in [1.29, 1.82) is 0 Å². The number of aromatic nitrogens is 6. The van der Waals surface area contributed by atoms with E-state index in [0.29, 0.717) is 0 Å². The number of allylic oxidation sites excluding steroid dienone is 8. The van der Waals surface area contributed by atoms with Crippen LogP contribution in [0.5, 0.6) is 0 Å². The average molecular weight is 2550 g/mol. The summed E-state index contributed by atoms with van der Waals surface area (Å²) < 4.78 is 13.1. The molecule has 0 aliphatic carbocycles. The Labute approximate surface area is 837 Å². The minimum absolute atomic E-state index is 0. The molecule has 0 aliphatic heterocycles. The van der Waals surface area contributed by atoms with Crippen LogP contribution in [0.25, 0.3) is 136 Å². The minimum atomic E-state index is -1.35. The third-order valence-electron chi connectivity index (χ3n) is 20.5. The van der Waals surface area contributed by atoms with Crippen molar-refractivity contribution in [2.45, 2.75) is 147 Å². The first-order valence-corrected chi connectivity index (χ1v) is 57.4. The summed E-state index contributed by atoms with van der Waals surface area (Å²) in [5, 5.41) is 48.9. The second kappa shape index (κ2) is 49.5. The van der Waals surface area contributed by atoms with E-state index in [-0.39, 0.29) is 127 Å². The quantitative estimate of drug-likeness (QED) is 0.0345. The number of aliphatic hydroxyl groups excluding tert-OH is 4. The molecule has 0 spiro atoms. The van der Waals surface area contributed by atoms with Crippen LogP contribution in [0.3, 0.4) is 0 Å². The number of fused-ring (bicyclic) bond motifs is 12. The average Bonchev–Trinajstić information content (AvgIpc) is 1.59. The maximum absolute atomic E-state index is 10.0. The summed E-state index contributed by atoms with van der Waals surface area (Å²) in [4.78, 5) is 58.9. The summed E-state index contributed by atoms with van der Waals surface area (Å²) in [6, 6.07) is 92.5. The zero-order valence-corrected chi connectivity index (χ0v) is 92.8. The first-order valence-electron chi connectivity index (χ1n) is 42.5. The van der Waals surface area contributed by atoms with Crippen LogP contribution in [0, 0.1) is 24.3 Å². The van der Waals surface area contributed by atoms with Gasteiger partial charge in [0.25, 0.3) is 0 Å². The van der Waals surface area contributed by atoms with E-state index in [1.54, 1.807) is 0 Å². The number of ketones is 4. The second-order valence-electron chi connectivity index (χ2n) is 35.5. The number of carbonyl (C=O) groups is 4. The number of carbonyl (C=O) groups excluding carboxylic acids is 4. The number of hydrogen-bond donors (Lipinski definition) is 4. The van der Waals surface area contributed by atoms with Gasteiger partial charge in [-0.1, -0.05) is 240 Å². The molecule has 0 amide bonds. The van der Waals surface area contributed by atoms with Crippen molar-refractivity contribution in [3.63, 3.8) is 0 Å². The zero-order valence-electron chi connectivity index (χ0n) is 78.4. The first-order chi connectivity index (χ1) is 60.6. The molecule has 8 heterocycles. The smallest absolute Gasteiger partial charge is 0.155 e. The summed E-state index contributed by atoms with van der Waals surface area (Å²) in [5.41, 5.74) is 16.0. The molecule has 24 heteroatoms. The van der Waals surface area contributed by atoms with Gasteiger partial charge in [-0.3, -0.25) is 19.2 Å². The molecule has 15 nitrogen and oxygen atoms in total. The Morgan fingerprint density at radius 3 is 1.04 bits per heavy atom. The monoisotopic (exact) mass is 2550 g/mol. The number of para-hydroxylation sites is 4. The third-order valence-corrected chi connectivity index (χ3v) is 29.8. The van der Waals surface area contributed by atoms with Gasteiger partial charge in [0.05, 0.1) is 60.9 Å². The van der Waals surface area contributed by atoms with Crippen LogP contribution < -0.4 is 20.7 Å². The number of pyridine rings is 4. The van der Waals surface area contributed by atoms with E-state index in [0.717, 1.165) is 79.2 Å². The van der Waals surface area contributed by atoms with Crippen molar-refractivity contribution in [3.8, 4) is 50.7 Å². The number of rotatable bonds is 14. The standard InChI is InChI=1S/C26H23N2Si.C22H23N2Si.C20H18NOSi.C20H18NSSi.4C5H8O2.4Ir/c1-29(2,3)21-14-15-24(27-18-21)19-13-16-26-23(17-19)22-11-7-8-12-25(22)28(26)20-9-5-4-6-10-20;1-5-24-21-9-7-6-8-18(21)19-14-16(10-13-22(19)24)20-12-11-17(15-23-20)25(2,3)4;2*1-23(2,3)15-9-10-18(21-13-15)14-8-11-20-17(12-14)16-6-4-5-7-19(16)22-20;4*1-4(6)3-5(2)7;;;;/h4-12,14-18H,1-3H3;6-9,11-15H,5H2,1-4H3;2*4-7,9-13H,1-3H3;4*3,6H,1-2H3;;;;/q4*-1;;;;;;;;. The van der Waals surface area contributed by atoms with Crippen molar-refractivity contribution in [2.75, 3.05) is 0 Å². The Hall–Kier alpha value is -10.5. The van der Waals surface area contributed by atoms with Crippen LogP contribution in [0.2, 0.25) is 78.6 Å². The number of aryl methyl sites for hydroxylation is 1. The summed E-state index contributed by atoms with van der Waals surface area (Å²) >= 11 is 1.83. The van der Waals surface area contributed by atoms with E-state index < -0.39 is 32.3 Å². The topological polar surface area (TPSA) is 224 Å².